The van der Waals surface area contributed by atoms with Gasteiger partial charge in [-0.05, 0) is 53.5 Å². The predicted molar refractivity (Wildman–Crippen MR) is 96.5 cm³/mol. The number of hydrogen-bond donors (Lipinski definition) is 0. The summed E-state index contributed by atoms with van der Waals surface area (Å²) in [7, 11) is 0. The number of carbonyl (C=O) groups is 2. The highest BCUT2D eigenvalue weighted by Crippen LogP contribution is 2.36. The summed E-state index contributed by atoms with van der Waals surface area (Å²) in [5, 5.41) is 0. The number of rotatable bonds is 5. The van der Waals surface area contributed by atoms with Crippen molar-refractivity contribution >= 4 is 11.8 Å². The molecule has 3 heteroatoms. The van der Waals surface area contributed by atoms with Crippen molar-refractivity contribution in [2.45, 2.75) is 38.5 Å². The van der Waals surface area contributed by atoms with Gasteiger partial charge in [0.05, 0.1) is 0 Å². The molecular weight excluding hydrogens is 312 g/mol. The largest absolute Gasteiger partial charge is 0.457 e. The van der Waals surface area contributed by atoms with Gasteiger partial charge in [0.15, 0.2) is 12.4 Å². The maximum Gasteiger partial charge on any atom is 0.306 e. The predicted octanol–water partition coefficient (Wildman–Crippen LogP) is 4.56. The highest BCUT2D eigenvalue weighted by molar-refractivity contribution is 5.99. The number of ether oxygens (including phenoxy) is 1. The van der Waals surface area contributed by atoms with Gasteiger partial charge in [-0.1, -0.05) is 49.2 Å². The van der Waals surface area contributed by atoms with E-state index in [9.17, 15) is 9.59 Å². The van der Waals surface area contributed by atoms with Crippen molar-refractivity contribution in [3.8, 4) is 11.1 Å². The lowest BCUT2D eigenvalue weighted by Crippen LogP contribution is -2.16. The minimum Gasteiger partial charge on any atom is -0.457 e. The summed E-state index contributed by atoms with van der Waals surface area (Å²) in [6, 6.07) is 14.1. The molecule has 2 aromatic carbocycles. The number of carbonyl (C=O) groups excluding carboxylic acids is 2. The van der Waals surface area contributed by atoms with Gasteiger partial charge in [-0.3, -0.25) is 9.59 Å². The van der Waals surface area contributed by atoms with E-state index in [4.69, 9.17) is 4.74 Å². The number of benzene rings is 2. The second kappa shape index (κ2) is 6.83. The summed E-state index contributed by atoms with van der Waals surface area (Å²) in [5.41, 5.74) is 5.48. The van der Waals surface area contributed by atoms with Gasteiger partial charge in [-0.2, -0.15) is 0 Å². The Bertz CT molecular complexity index is 816. The molecule has 0 heterocycles. The van der Waals surface area contributed by atoms with E-state index >= 15 is 0 Å². The molecule has 0 unspecified atom stereocenters. The Kier molecular flexibility index (Phi) is 4.39. The third-order valence-corrected chi connectivity index (χ3v) is 5.41. The van der Waals surface area contributed by atoms with Crippen molar-refractivity contribution in [1.29, 1.82) is 0 Å². The SMILES string of the molecule is O=C(CC1CCCC1)OCC(=O)c1ccc2c(c1)-c1ccccc1C2. The Morgan fingerprint density at radius 2 is 1.72 bits per heavy atom. The minimum atomic E-state index is -0.244. The lowest BCUT2D eigenvalue weighted by atomic mass is 10.0. The van der Waals surface area contributed by atoms with Crippen LogP contribution in [0.2, 0.25) is 0 Å². The molecule has 0 aliphatic heterocycles. The van der Waals surface area contributed by atoms with Crippen LogP contribution in [0.3, 0.4) is 0 Å². The average Bonchev–Trinajstić information content (AvgIpc) is 3.26. The zero-order valence-corrected chi connectivity index (χ0v) is 14.3. The maximum absolute atomic E-state index is 12.4. The van der Waals surface area contributed by atoms with Crippen LogP contribution in [0.5, 0.6) is 0 Å². The van der Waals surface area contributed by atoms with E-state index in [1.165, 1.54) is 29.5 Å². The first-order chi connectivity index (χ1) is 12.2. The first-order valence-corrected chi connectivity index (χ1v) is 9.11. The van der Waals surface area contributed by atoms with E-state index < -0.39 is 0 Å². The number of Topliss-reactive ketones (excluding diaryl/α,β-unsaturated/α-hetero) is 1. The van der Waals surface area contributed by atoms with Gasteiger partial charge in [-0.15, -0.1) is 0 Å². The van der Waals surface area contributed by atoms with Crippen LogP contribution in [0.4, 0.5) is 0 Å². The lowest BCUT2D eigenvalue weighted by molar-refractivity contribution is -0.143. The molecule has 0 saturated heterocycles. The monoisotopic (exact) mass is 334 g/mol. The molecule has 4 rings (SSSR count). The molecule has 1 fully saturated rings. The fourth-order valence-electron chi connectivity index (χ4n) is 4.04. The molecule has 2 aliphatic carbocycles. The first kappa shape index (κ1) is 16.1. The van der Waals surface area contributed by atoms with Crippen LogP contribution in [0.15, 0.2) is 42.5 Å². The number of esters is 1. The normalized spacial score (nSPS) is 15.7. The van der Waals surface area contributed by atoms with Gasteiger partial charge < -0.3 is 4.74 Å². The quantitative estimate of drug-likeness (QED) is 0.507. The van der Waals surface area contributed by atoms with Crippen LogP contribution >= 0.6 is 0 Å². The highest BCUT2D eigenvalue weighted by Gasteiger charge is 2.22. The summed E-state index contributed by atoms with van der Waals surface area (Å²) in [5.74, 6) is 0.0674. The maximum atomic E-state index is 12.4. The first-order valence-electron chi connectivity index (χ1n) is 9.11. The van der Waals surface area contributed by atoms with E-state index in [1.54, 1.807) is 0 Å². The molecule has 2 aliphatic rings. The summed E-state index contributed by atoms with van der Waals surface area (Å²) in [6.45, 7) is -0.161. The van der Waals surface area contributed by atoms with Crippen molar-refractivity contribution in [3.63, 3.8) is 0 Å². The van der Waals surface area contributed by atoms with E-state index in [0.29, 0.717) is 17.9 Å². The van der Waals surface area contributed by atoms with Crippen LogP contribution in [0.1, 0.15) is 53.6 Å². The van der Waals surface area contributed by atoms with E-state index in [0.717, 1.165) is 24.8 Å². The van der Waals surface area contributed by atoms with Crippen LogP contribution in [0.25, 0.3) is 11.1 Å². The molecule has 0 aromatic heterocycles. The van der Waals surface area contributed by atoms with E-state index in [2.05, 4.69) is 12.1 Å². The third kappa shape index (κ3) is 3.37. The van der Waals surface area contributed by atoms with Gasteiger partial charge in [-0.25, -0.2) is 0 Å². The molecule has 1 saturated carbocycles. The standard InChI is InChI=1S/C22H22O3/c23-21(14-25-22(24)11-15-5-1-2-6-15)18-10-9-17-12-16-7-3-4-8-19(16)20(17)13-18/h3-4,7-10,13,15H,1-2,5-6,11-12,14H2. The summed E-state index contributed by atoms with van der Waals surface area (Å²) >= 11 is 0. The van der Waals surface area contributed by atoms with Crippen molar-refractivity contribution in [1.82, 2.24) is 0 Å². The Morgan fingerprint density at radius 3 is 2.56 bits per heavy atom. The van der Waals surface area contributed by atoms with E-state index in [-0.39, 0.29) is 18.4 Å². The molecule has 128 valence electrons. The van der Waals surface area contributed by atoms with Gasteiger partial charge in [0.1, 0.15) is 0 Å². The molecule has 3 nitrogen and oxygen atoms in total. The number of fused-ring (bicyclic) bond motifs is 3. The number of ketones is 1. The van der Waals surface area contributed by atoms with Gasteiger partial charge in [0.25, 0.3) is 0 Å². The average molecular weight is 334 g/mol. The molecule has 0 radical (unpaired) electrons. The minimum absolute atomic E-state index is 0.132. The zero-order valence-electron chi connectivity index (χ0n) is 14.3. The second-order valence-corrected chi connectivity index (χ2v) is 7.14. The van der Waals surface area contributed by atoms with Gasteiger partial charge in [0, 0.05) is 12.0 Å². The molecular formula is C22H22O3. The molecule has 25 heavy (non-hydrogen) atoms. The summed E-state index contributed by atoms with van der Waals surface area (Å²) in [6.07, 6.45) is 5.97. The highest BCUT2D eigenvalue weighted by atomic mass is 16.5. The van der Waals surface area contributed by atoms with Crippen LogP contribution in [-0.2, 0) is 16.0 Å². The molecule has 0 N–H and O–H groups in total. The fourth-order valence-corrected chi connectivity index (χ4v) is 4.04. The van der Waals surface area contributed by atoms with Crippen molar-refractivity contribution < 1.29 is 14.3 Å². The Labute approximate surface area is 148 Å². The van der Waals surface area contributed by atoms with Crippen molar-refractivity contribution in [2.75, 3.05) is 6.61 Å². The molecule has 0 amide bonds. The van der Waals surface area contributed by atoms with Crippen molar-refractivity contribution in [3.05, 3.63) is 59.2 Å². The summed E-state index contributed by atoms with van der Waals surface area (Å²) in [4.78, 5) is 24.3. The lowest BCUT2D eigenvalue weighted by Gasteiger charge is -2.09. The van der Waals surface area contributed by atoms with E-state index in [1.807, 2.05) is 30.3 Å². The van der Waals surface area contributed by atoms with Crippen LogP contribution in [0, 0.1) is 5.92 Å². The van der Waals surface area contributed by atoms with Crippen LogP contribution in [-0.4, -0.2) is 18.4 Å². The molecule has 0 bridgehead atoms. The summed E-state index contributed by atoms with van der Waals surface area (Å²) < 4.78 is 5.22. The van der Waals surface area contributed by atoms with Crippen molar-refractivity contribution in [2.24, 2.45) is 5.92 Å². The topological polar surface area (TPSA) is 43.4 Å². The van der Waals surface area contributed by atoms with Gasteiger partial charge >= 0.3 is 5.97 Å². The third-order valence-electron chi connectivity index (χ3n) is 5.41. The molecule has 0 spiro atoms. The zero-order chi connectivity index (χ0) is 17.2. The van der Waals surface area contributed by atoms with Crippen LogP contribution < -0.4 is 0 Å². The Hall–Kier alpha value is -2.42. The number of hydrogen-bond acceptors (Lipinski definition) is 3. The Balaban J connectivity index is 1.41. The second-order valence-electron chi connectivity index (χ2n) is 7.14. The molecule has 0 atom stereocenters. The Morgan fingerprint density at radius 1 is 0.960 bits per heavy atom. The fraction of sp³-hybridized carbons (Fsp3) is 0.364. The van der Waals surface area contributed by atoms with Gasteiger partial charge in [0.2, 0.25) is 0 Å². The molecule has 2 aromatic rings. The smallest absolute Gasteiger partial charge is 0.306 e.